The summed E-state index contributed by atoms with van der Waals surface area (Å²) >= 11 is 3.24. The van der Waals surface area contributed by atoms with Crippen molar-refractivity contribution in [3.63, 3.8) is 0 Å². The molecule has 0 amide bonds. The summed E-state index contributed by atoms with van der Waals surface area (Å²) in [5.41, 5.74) is -0.206. The summed E-state index contributed by atoms with van der Waals surface area (Å²) in [7, 11) is 0. The number of ether oxygens (including phenoxy) is 1. The van der Waals surface area contributed by atoms with Gasteiger partial charge in [-0.1, -0.05) is 15.9 Å². The molecule has 1 aromatic rings. The van der Waals surface area contributed by atoms with E-state index in [1.165, 1.54) is 18.2 Å². The number of esters is 1. The highest BCUT2D eigenvalue weighted by molar-refractivity contribution is 9.10. The molecule has 0 aliphatic carbocycles. The molecule has 0 N–H and O–H groups in total. The standard InChI is InChI=1S/C13H14BrFO2/c1-13(2,3)17-12(16)7-4-9-8-10(14)5-6-11(9)15/h4-8H,1-3H3/b7-4+. The molecule has 0 aromatic heterocycles. The number of carbonyl (C=O) groups excluding carboxylic acids is 1. The van der Waals surface area contributed by atoms with Crippen molar-refractivity contribution in [2.24, 2.45) is 0 Å². The Morgan fingerprint density at radius 2 is 2.06 bits per heavy atom. The highest BCUT2D eigenvalue weighted by Gasteiger charge is 2.13. The number of benzene rings is 1. The Morgan fingerprint density at radius 1 is 1.41 bits per heavy atom. The van der Waals surface area contributed by atoms with Crippen molar-refractivity contribution in [2.75, 3.05) is 0 Å². The van der Waals surface area contributed by atoms with E-state index in [0.29, 0.717) is 5.56 Å². The van der Waals surface area contributed by atoms with E-state index in [1.54, 1.807) is 32.9 Å². The van der Waals surface area contributed by atoms with Gasteiger partial charge in [0.05, 0.1) is 0 Å². The van der Waals surface area contributed by atoms with Crippen LogP contribution in [0.25, 0.3) is 6.08 Å². The minimum Gasteiger partial charge on any atom is -0.457 e. The second kappa shape index (κ2) is 5.45. The quantitative estimate of drug-likeness (QED) is 0.611. The van der Waals surface area contributed by atoms with Crippen LogP contribution in [-0.2, 0) is 9.53 Å². The molecule has 0 radical (unpaired) electrons. The van der Waals surface area contributed by atoms with E-state index in [1.807, 2.05) is 0 Å². The summed E-state index contributed by atoms with van der Waals surface area (Å²) in [6.07, 6.45) is 2.62. The minimum absolute atomic E-state index is 0.338. The Balaban J connectivity index is 2.77. The minimum atomic E-state index is -0.544. The van der Waals surface area contributed by atoms with E-state index < -0.39 is 11.6 Å². The predicted octanol–water partition coefficient (Wildman–Crippen LogP) is 3.94. The lowest BCUT2D eigenvalue weighted by molar-refractivity contribution is -0.148. The summed E-state index contributed by atoms with van der Waals surface area (Å²) in [6.45, 7) is 5.33. The molecule has 0 fully saturated rings. The van der Waals surface area contributed by atoms with Crippen LogP contribution in [0.3, 0.4) is 0 Å². The van der Waals surface area contributed by atoms with Gasteiger partial charge in [-0.15, -0.1) is 0 Å². The average molecular weight is 301 g/mol. The van der Waals surface area contributed by atoms with Crippen LogP contribution in [-0.4, -0.2) is 11.6 Å². The number of halogens is 2. The van der Waals surface area contributed by atoms with Crippen LogP contribution in [0.5, 0.6) is 0 Å². The maximum absolute atomic E-state index is 13.3. The van der Waals surface area contributed by atoms with Crippen LogP contribution in [0, 0.1) is 5.82 Å². The molecule has 0 atom stereocenters. The van der Waals surface area contributed by atoms with Gasteiger partial charge in [0.2, 0.25) is 0 Å². The zero-order chi connectivity index (χ0) is 13.1. The van der Waals surface area contributed by atoms with Crippen molar-refractivity contribution < 1.29 is 13.9 Å². The maximum atomic E-state index is 13.3. The van der Waals surface area contributed by atoms with Crippen molar-refractivity contribution >= 4 is 28.0 Å². The van der Waals surface area contributed by atoms with E-state index in [0.717, 1.165) is 4.47 Å². The second-order valence-electron chi connectivity index (χ2n) is 4.53. The summed E-state index contributed by atoms with van der Waals surface area (Å²) in [5.74, 6) is -0.870. The summed E-state index contributed by atoms with van der Waals surface area (Å²) < 4.78 is 19.2. The normalized spacial score (nSPS) is 11.8. The fourth-order valence-electron chi connectivity index (χ4n) is 1.14. The van der Waals surface area contributed by atoms with Crippen molar-refractivity contribution in [3.8, 4) is 0 Å². The molecule has 0 aliphatic rings. The molecule has 1 aromatic carbocycles. The number of carbonyl (C=O) groups is 1. The zero-order valence-corrected chi connectivity index (χ0v) is 11.5. The lowest BCUT2D eigenvalue weighted by atomic mass is 10.2. The summed E-state index contributed by atoms with van der Waals surface area (Å²) in [4.78, 5) is 11.4. The van der Waals surface area contributed by atoms with E-state index in [-0.39, 0.29) is 5.82 Å². The average Bonchev–Trinajstić information content (AvgIpc) is 2.17. The Labute approximate surface area is 109 Å². The first-order valence-corrected chi connectivity index (χ1v) is 5.93. The topological polar surface area (TPSA) is 26.3 Å². The third-order valence-corrected chi connectivity index (χ3v) is 2.26. The van der Waals surface area contributed by atoms with Crippen LogP contribution in [0.15, 0.2) is 28.7 Å². The first-order valence-electron chi connectivity index (χ1n) is 5.14. The van der Waals surface area contributed by atoms with Gasteiger partial charge in [0.1, 0.15) is 11.4 Å². The third kappa shape index (κ3) is 5.13. The molecule has 2 nitrogen and oxygen atoms in total. The molecular weight excluding hydrogens is 287 g/mol. The van der Waals surface area contributed by atoms with Crippen LogP contribution in [0.4, 0.5) is 4.39 Å². The van der Waals surface area contributed by atoms with Gasteiger partial charge in [-0.3, -0.25) is 0 Å². The van der Waals surface area contributed by atoms with Gasteiger partial charge in [0.25, 0.3) is 0 Å². The highest BCUT2D eigenvalue weighted by atomic mass is 79.9. The molecule has 0 bridgehead atoms. The molecule has 0 aliphatic heterocycles. The smallest absolute Gasteiger partial charge is 0.331 e. The predicted molar refractivity (Wildman–Crippen MR) is 69.0 cm³/mol. The van der Waals surface area contributed by atoms with Gasteiger partial charge >= 0.3 is 5.97 Å². The Hall–Kier alpha value is -1.16. The molecule has 0 saturated carbocycles. The molecule has 0 saturated heterocycles. The summed E-state index contributed by atoms with van der Waals surface area (Å²) in [5, 5.41) is 0. The van der Waals surface area contributed by atoms with Gasteiger partial charge in [-0.05, 0) is 45.0 Å². The first kappa shape index (κ1) is 13.9. The van der Waals surface area contributed by atoms with Crippen LogP contribution < -0.4 is 0 Å². The van der Waals surface area contributed by atoms with Gasteiger partial charge < -0.3 is 4.74 Å². The van der Waals surface area contributed by atoms with E-state index >= 15 is 0 Å². The second-order valence-corrected chi connectivity index (χ2v) is 5.45. The molecule has 17 heavy (non-hydrogen) atoms. The van der Waals surface area contributed by atoms with Crippen LogP contribution in [0.1, 0.15) is 26.3 Å². The van der Waals surface area contributed by atoms with Gasteiger partial charge in [0, 0.05) is 16.1 Å². The van der Waals surface area contributed by atoms with Crippen LogP contribution >= 0.6 is 15.9 Å². The van der Waals surface area contributed by atoms with Crippen molar-refractivity contribution in [2.45, 2.75) is 26.4 Å². The fourth-order valence-corrected chi connectivity index (χ4v) is 1.51. The fraction of sp³-hybridized carbons (Fsp3) is 0.308. The third-order valence-electron chi connectivity index (χ3n) is 1.76. The van der Waals surface area contributed by atoms with Gasteiger partial charge in [-0.2, -0.15) is 0 Å². The Bertz CT molecular complexity index is 447. The van der Waals surface area contributed by atoms with E-state index in [9.17, 15) is 9.18 Å². The number of rotatable bonds is 2. The molecule has 0 spiro atoms. The molecule has 4 heteroatoms. The van der Waals surface area contributed by atoms with Crippen molar-refractivity contribution in [1.29, 1.82) is 0 Å². The Kier molecular flexibility index (Phi) is 4.46. The molecule has 0 heterocycles. The van der Waals surface area contributed by atoms with Crippen molar-refractivity contribution in [1.82, 2.24) is 0 Å². The van der Waals surface area contributed by atoms with E-state index in [2.05, 4.69) is 15.9 Å². The lowest BCUT2D eigenvalue weighted by Crippen LogP contribution is -2.22. The number of hydrogen-bond acceptors (Lipinski definition) is 2. The van der Waals surface area contributed by atoms with Gasteiger partial charge in [0.15, 0.2) is 0 Å². The molecule has 0 unspecified atom stereocenters. The van der Waals surface area contributed by atoms with Crippen LogP contribution in [0.2, 0.25) is 0 Å². The first-order chi connectivity index (χ1) is 7.78. The molecule has 1 rings (SSSR count). The lowest BCUT2D eigenvalue weighted by Gasteiger charge is -2.17. The number of hydrogen-bond donors (Lipinski definition) is 0. The zero-order valence-electron chi connectivity index (χ0n) is 9.96. The SMILES string of the molecule is CC(C)(C)OC(=O)/C=C/c1cc(Br)ccc1F. The molecule has 92 valence electrons. The van der Waals surface area contributed by atoms with Gasteiger partial charge in [-0.25, -0.2) is 9.18 Å². The monoisotopic (exact) mass is 300 g/mol. The summed E-state index contributed by atoms with van der Waals surface area (Å²) in [6, 6.07) is 4.52. The largest absolute Gasteiger partial charge is 0.457 e. The Morgan fingerprint density at radius 3 is 2.65 bits per heavy atom. The highest BCUT2D eigenvalue weighted by Crippen LogP contribution is 2.17. The van der Waals surface area contributed by atoms with Crippen molar-refractivity contribution in [3.05, 3.63) is 40.1 Å². The maximum Gasteiger partial charge on any atom is 0.331 e. The van der Waals surface area contributed by atoms with E-state index in [4.69, 9.17) is 4.74 Å². The molecular formula is C13H14BrFO2.